The van der Waals surface area contributed by atoms with Gasteiger partial charge in [-0.3, -0.25) is 4.90 Å². The fourth-order valence-electron chi connectivity index (χ4n) is 2.61. The van der Waals surface area contributed by atoms with Crippen molar-refractivity contribution in [2.45, 2.75) is 6.04 Å². The molecule has 0 bridgehead atoms. The molecule has 1 aromatic carbocycles. The van der Waals surface area contributed by atoms with Gasteiger partial charge < -0.3 is 15.5 Å². The summed E-state index contributed by atoms with van der Waals surface area (Å²) < 4.78 is 5.40. The van der Waals surface area contributed by atoms with E-state index in [0.717, 1.165) is 43.4 Å². The van der Waals surface area contributed by atoms with E-state index in [1.807, 2.05) is 24.4 Å². The molecule has 1 fully saturated rings. The summed E-state index contributed by atoms with van der Waals surface area (Å²) in [5, 5.41) is 0. The number of benzene rings is 1. The quantitative estimate of drug-likeness (QED) is 0.883. The first-order chi connectivity index (χ1) is 9.88. The van der Waals surface area contributed by atoms with Gasteiger partial charge in [0.25, 0.3) is 0 Å². The van der Waals surface area contributed by atoms with Crippen LogP contribution in [0, 0.1) is 0 Å². The molecule has 0 spiro atoms. The lowest BCUT2D eigenvalue weighted by atomic mass is 10.1. The third-order valence-electron chi connectivity index (χ3n) is 3.71. The van der Waals surface area contributed by atoms with E-state index >= 15 is 0 Å². The van der Waals surface area contributed by atoms with Crippen molar-refractivity contribution in [3.05, 3.63) is 42.2 Å². The number of rotatable bonds is 4. The average molecular weight is 272 g/mol. The van der Waals surface area contributed by atoms with Crippen LogP contribution in [0.1, 0.15) is 11.7 Å². The van der Waals surface area contributed by atoms with Gasteiger partial charge in [0.2, 0.25) is 0 Å². The Labute approximate surface area is 118 Å². The Bertz CT molecular complexity index is 534. The van der Waals surface area contributed by atoms with Crippen molar-refractivity contribution in [3.63, 3.8) is 0 Å². The summed E-state index contributed by atoms with van der Waals surface area (Å²) in [6, 6.07) is 10.3. The number of nitrogens with two attached hydrogens (primary N) is 1. The standard InChI is InChI=1S/C15H20N4O/c16-10-14(19-6-8-20-9-7-19)13-11-17-15(18-13)12-4-2-1-3-5-12/h1-5,11,14H,6-10,16H2,(H,17,18). The Morgan fingerprint density at radius 1 is 1.25 bits per heavy atom. The number of nitrogens with one attached hydrogen (secondary N) is 1. The largest absolute Gasteiger partial charge is 0.379 e. The predicted molar refractivity (Wildman–Crippen MR) is 78.2 cm³/mol. The lowest BCUT2D eigenvalue weighted by molar-refractivity contribution is 0.0171. The van der Waals surface area contributed by atoms with Gasteiger partial charge in [-0.1, -0.05) is 30.3 Å². The van der Waals surface area contributed by atoms with Crippen molar-refractivity contribution in [1.82, 2.24) is 14.9 Å². The molecule has 1 unspecified atom stereocenters. The number of hydrogen-bond acceptors (Lipinski definition) is 4. The number of imidazole rings is 1. The highest BCUT2D eigenvalue weighted by Crippen LogP contribution is 2.22. The van der Waals surface area contributed by atoms with E-state index in [2.05, 4.69) is 27.0 Å². The molecule has 0 saturated carbocycles. The summed E-state index contributed by atoms with van der Waals surface area (Å²) in [5.74, 6) is 0.896. The lowest BCUT2D eigenvalue weighted by Gasteiger charge is -2.33. The first-order valence-corrected chi connectivity index (χ1v) is 7.00. The van der Waals surface area contributed by atoms with Crippen LogP contribution in [0.15, 0.2) is 36.5 Å². The monoisotopic (exact) mass is 272 g/mol. The summed E-state index contributed by atoms with van der Waals surface area (Å²) in [5.41, 5.74) is 8.12. The van der Waals surface area contributed by atoms with E-state index in [-0.39, 0.29) is 6.04 Å². The average Bonchev–Trinajstić information content (AvgIpc) is 3.00. The fourth-order valence-corrected chi connectivity index (χ4v) is 2.61. The second-order valence-electron chi connectivity index (χ2n) is 4.95. The Hall–Kier alpha value is -1.69. The molecule has 1 atom stereocenters. The van der Waals surface area contributed by atoms with Gasteiger partial charge in [0, 0.05) is 25.2 Å². The number of aromatic amines is 1. The zero-order valence-corrected chi connectivity index (χ0v) is 11.5. The maximum atomic E-state index is 5.95. The summed E-state index contributed by atoms with van der Waals surface area (Å²) in [7, 11) is 0. The SMILES string of the molecule is NCC(c1cnc(-c2ccccc2)[nH]1)N1CCOCC1. The highest BCUT2D eigenvalue weighted by Gasteiger charge is 2.23. The van der Waals surface area contributed by atoms with Crippen LogP contribution in [0.5, 0.6) is 0 Å². The lowest BCUT2D eigenvalue weighted by Crippen LogP contribution is -2.41. The van der Waals surface area contributed by atoms with E-state index < -0.39 is 0 Å². The molecule has 3 N–H and O–H groups in total. The van der Waals surface area contributed by atoms with Crippen LogP contribution < -0.4 is 5.73 Å². The molecule has 2 aromatic rings. The zero-order valence-electron chi connectivity index (χ0n) is 11.5. The molecule has 0 aliphatic carbocycles. The Morgan fingerprint density at radius 2 is 2.00 bits per heavy atom. The van der Waals surface area contributed by atoms with Crippen LogP contribution in [0.2, 0.25) is 0 Å². The van der Waals surface area contributed by atoms with Crippen LogP contribution in [-0.4, -0.2) is 47.7 Å². The van der Waals surface area contributed by atoms with Crippen molar-refractivity contribution in [2.24, 2.45) is 5.73 Å². The van der Waals surface area contributed by atoms with Gasteiger partial charge in [0.05, 0.1) is 31.1 Å². The van der Waals surface area contributed by atoms with Crippen molar-refractivity contribution in [2.75, 3.05) is 32.8 Å². The van der Waals surface area contributed by atoms with Gasteiger partial charge in [0.15, 0.2) is 0 Å². The summed E-state index contributed by atoms with van der Waals surface area (Å²) in [6.07, 6.45) is 1.90. The van der Waals surface area contributed by atoms with Gasteiger partial charge in [0.1, 0.15) is 5.82 Å². The maximum Gasteiger partial charge on any atom is 0.137 e. The normalized spacial score (nSPS) is 18.1. The topological polar surface area (TPSA) is 67.2 Å². The molecule has 1 aromatic heterocycles. The van der Waals surface area contributed by atoms with E-state index in [4.69, 9.17) is 10.5 Å². The summed E-state index contributed by atoms with van der Waals surface area (Å²) in [6.45, 7) is 3.96. The van der Waals surface area contributed by atoms with Gasteiger partial charge in [-0.2, -0.15) is 0 Å². The van der Waals surface area contributed by atoms with Crippen LogP contribution >= 0.6 is 0 Å². The fraction of sp³-hybridized carbons (Fsp3) is 0.400. The van der Waals surface area contributed by atoms with Crippen LogP contribution in [0.3, 0.4) is 0 Å². The Morgan fingerprint density at radius 3 is 2.70 bits per heavy atom. The molecule has 106 valence electrons. The molecular formula is C15H20N4O. The zero-order chi connectivity index (χ0) is 13.8. The van der Waals surface area contributed by atoms with Gasteiger partial charge in [-0.05, 0) is 0 Å². The highest BCUT2D eigenvalue weighted by atomic mass is 16.5. The van der Waals surface area contributed by atoms with Crippen LogP contribution in [-0.2, 0) is 4.74 Å². The van der Waals surface area contributed by atoms with Crippen molar-refractivity contribution in [3.8, 4) is 11.4 Å². The van der Waals surface area contributed by atoms with Crippen molar-refractivity contribution in [1.29, 1.82) is 0 Å². The number of aromatic nitrogens is 2. The third-order valence-corrected chi connectivity index (χ3v) is 3.71. The molecule has 20 heavy (non-hydrogen) atoms. The molecular weight excluding hydrogens is 252 g/mol. The minimum atomic E-state index is 0.184. The van der Waals surface area contributed by atoms with Crippen LogP contribution in [0.25, 0.3) is 11.4 Å². The second-order valence-corrected chi connectivity index (χ2v) is 4.95. The minimum Gasteiger partial charge on any atom is -0.379 e. The van der Waals surface area contributed by atoms with E-state index in [1.54, 1.807) is 0 Å². The molecule has 3 rings (SSSR count). The smallest absolute Gasteiger partial charge is 0.137 e. The Balaban J connectivity index is 1.80. The minimum absolute atomic E-state index is 0.184. The van der Waals surface area contributed by atoms with E-state index in [1.165, 1.54) is 0 Å². The van der Waals surface area contributed by atoms with Gasteiger partial charge in [-0.15, -0.1) is 0 Å². The van der Waals surface area contributed by atoms with E-state index in [9.17, 15) is 0 Å². The summed E-state index contributed by atoms with van der Waals surface area (Å²) >= 11 is 0. The molecule has 0 radical (unpaired) electrons. The molecule has 5 heteroatoms. The second kappa shape index (κ2) is 6.17. The number of ether oxygens (including phenoxy) is 1. The number of hydrogen-bond donors (Lipinski definition) is 2. The first-order valence-electron chi connectivity index (χ1n) is 7.00. The van der Waals surface area contributed by atoms with E-state index in [0.29, 0.717) is 6.54 Å². The number of morpholine rings is 1. The molecule has 5 nitrogen and oxygen atoms in total. The van der Waals surface area contributed by atoms with Gasteiger partial charge >= 0.3 is 0 Å². The molecule has 1 saturated heterocycles. The third kappa shape index (κ3) is 2.75. The first kappa shape index (κ1) is 13.3. The molecule has 1 aliphatic heterocycles. The van der Waals surface area contributed by atoms with Gasteiger partial charge in [-0.25, -0.2) is 4.98 Å². The van der Waals surface area contributed by atoms with Crippen LogP contribution in [0.4, 0.5) is 0 Å². The Kier molecular flexibility index (Phi) is 4.11. The summed E-state index contributed by atoms with van der Waals surface area (Å²) in [4.78, 5) is 10.2. The van der Waals surface area contributed by atoms with Crippen molar-refractivity contribution < 1.29 is 4.74 Å². The number of H-pyrrole nitrogens is 1. The van der Waals surface area contributed by atoms with Crippen molar-refractivity contribution >= 4 is 0 Å². The number of nitrogens with zero attached hydrogens (tertiary/aromatic N) is 2. The maximum absolute atomic E-state index is 5.95. The molecule has 1 aliphatic rings. The highest BCUT2D eigenvalue weighted by molar-refractivity contribution is 5.54. The molecule has 0 amide bonds. The molecule has 2 heterocycles. The predicted octanol–water partition coefficient (Wildman–Crippen LogP) is 1.41.